The number of fused-ring (bicyclic) bond motifs is 1. The summed E-state index contributed by atoms with van der Waals surface area (Å²) in [7, 11) is 0.260. The van der Waals surface area contributed by atoms with Gasteiger partial charge in [0, 0.05) is 43.7 Å². The second-order valence-corrected chi connectivity index (χ2v) is 11.1. The molecule has 4 rings (SSSR count). The smallest absolute Gasteiger partial charge is 0.272 e. The van der Waals surface area contributed by atoms with Gasteiger partial charge in [0.25, 0.3) is 5.91 Å². The minimum absolute atomic E-state index is 0.0466. The van der Waals surface area contributed by atoms with Gasteiger partial charge in [-0.15, -0.1) is 0 Å². The number of hydrogen-bond acceptors (Lipinski definition) is 3. The van der Waals surface area contributed by atoms with E-state index in [9.17, 15) is 17.8 Å². The van der Waals surface area contributed by atoms with Crippen LogP contribution in [0.5, 0.6) is 0 Å². The molecule has 2 aromatic carbocycles. The van der Waals surface area contributed by atoms with Gasteiger partial charge < -0.3 is 9.88 Å². The summed E-state index contributed by atoms with van der Waals surface area (Å²) in [6.07, 6.45) is 4.74. The average molecular weight is 501 g/mol. The van der Waals surface area contributed by atoms with Crippen LogP contribution in [0.4, 0.5) is 14.5 Å². The predicted octanol–water partition coefficient (Wildman–Crippen LogP) is 5.10. The van der Waals surface area contributed by atoms with E-state index >= 15 is 0 Å². The molecule has 0 bridgehead atoms. The highest BCUT2D eigenvalue weighted by Gasteiger charge is 2.33. The maximum absolute atomic E-state index is 13.9. The third-order valence-corrected chi connectivity index (χ3v) is 8.71. The lowest BCUT2D eigenvalue weighted by atomic mass is 9.91. The Morgan fingerprint density at radius 3 is 2.66 bits per heavy atom. The third-order valence-electron chi connectivity index (χ3n) is 6.63. The van der Waals surface area contributed by atoms with Crippen molar-refractivity contribution in [3.8, 4) is 0 Å². The minimum Gasteiger partial charge on any atom is -0.345 e. The summed E-state index contributed by atoms with van der Waals surface area (Å²) in [5.41, 5.74) is 2.40. The predicted molar refractivity (Wildman–Crippen MR) is 134 cm³/mol. The lowest BCUT2D eigenvalue weighted by Gasteiger charge is -2.24. The van der Waals surface area contributed by atoms with Gasteiger partial charge in [0.1, 0.15) is 15.6 Å². The maximum Gasteiger partial charge on any atom is 0.272 e. The summed E-state index contributed by atoms with van der Waals surface area (Å²) in [5.74, 6) is -2.28. The maximum atomic E-state index is 13.9. The molecule has 0 aliphatic carbocycles. The Morgan fingerprint density at radius 1 is 1.23 bits per heavy atom. The summed E-state index contributed by atoms with van der Waals surface area (Å²) in [4.78, 5) is 13.7. The van der Waals surface area contributed by atoms with Crippen molar-refractivity contribution in [1.29, 1.82) is 0 Å². The summed E-state index contributed by atoms with van der Waals surface area (Å²) >= 11 is 0. The molecule has 186 valence electrons. The summed E-state index contributed by atoms with van der Waals surface area (Å²) < 4.78 is 50.0. The second-order valence-electron chi connectivity index (χ2n) is 8.99. The number of aromatic nitrogens is 1. The number of aryl methyl sites for hydroxylation is 2. The molecule has 0 spiro atoms. The number of carbonyl (C=O) groups is 1. The van der Waals surface area contributed by atoms with Gasteiger partial charge in [0.2, 0.25) is 0 Å². The molecule has 0 fully saturated rings. The van der Waals surface area contributed by atoms with Crippen LogP contribution in [0.3, 0.4) is 0 Å². The van der Waals surface area contributed by atoms with Crippen LogP contribution in [0.2, 0.25) is 0 Å². The van der Waals surface area contributed by atoms with Crippen molar-refractivity contribution in [1.82, 2.24) is 9.29 Å². The molecule has 2 N–H and O–H groups in total. The lowest BCUT2D eigenvalue weighted by Crippen LogP contribution is -2.38. The first kappa shape index (κ1) is 25.1. The van der Waals surface area contributed by atoms with Crippen molar-refractivity contribution in [2.24, 2.45) is 17.3 Å². The normalized spacial score (nSPS) is 20.5. The Labute approximate surface area is 205 Å². The lowest BCUT2D eigenvalue weighted by molar-refractivity contribution is 0.101. The molecule has 9 heteroatoms. The monoisotopic (exact) mass is 500 g/mol. The van der Waals surface area contributed by atoms with Gasteiger partial charge in [-0.1, -0.05) is 37.3 Å². The van der Waals surface area contributed by atoms with E-state index in [1.807, 2.05) is 18.2 Å². The summed E-state index contributed by atoms with van der Waals surface area (Å²) in [5, 5.41) is 2.63. The molecule has 3 aromatic rings. The van der Waals surface area contributed by atoms with Gasteiger partial charge in [0.05, 0.1) is 4.90 Å². The van der Waals surface area contributed by atoms with Crippen LogP contribution >= 0.6 is 0 Å². The highest BCUT2D eigenvalue weighted by atomic mass is 32.2. The summed E-state index contributed by atoms with van der Waals surface area (Å²) in [6, 6.07) is 13.4. The largest absolute Gasteiger partial charge is 0.345 e. The molecule has 0 radical (unpaired) electrons. The van der Waals surface area contributed by atoms with E-state index in [2.05, 4.69) is 33.5 Å². The fraction of sp³-hybridized carbons (Fsp3) is 0.346. The topological polar surface area (TPSA) is 75.5 Å². The number of hydrogen-bond donors (Lipinski definition) is 2. The van der Waals surface area contributed by atoms with E-state index in [0.29, 0.717) is 29.0 Å². The van der Waals surface area contributed by atoms with Gasteiger partial charge in [-0.25, -0.2) is 22.1 Å². The van der Waals surface area contributed by atoms with Crippen molar-refractivity contribution >= 4 is 21.5 Å². The number of anilines is 1. The molecule has 2 heterocycles. The molecule has 2 unspecified atom stereocenters. The fourth-order valence-corrected chi connectivity index (χ4v) is 6.63. The van der Waals surface area contributed by atoms with Crippen LogP contribution in [-0.4, -0.2) is 27.8 Å². The Kier molecular flexibility index (Phi) is 7.37. The zero-order valence-electron chi connectivity index (χ0n) is 20.1. The number of carbonyl (C=O) groups excluding carboxylic acids is 1. The van der Waals surface area contributed by atoms with Gasteiger partial charge in [-0.2, -0.15) is 0 Å². The number of nitrogens with zero attached hydrogens (tertiary/aromatic N) is 2. The first-order valence-corrected chi connectivity index (χ1v) is 13.1. The minimum atomic E-state index is -2.96. The number of benzene rings is 2. The molecule has 1 aromatic heterocycles. The molecule has 1 aliphatic rings. The highest BCUT2D eigenvalue weighted by Crippen LogP contribution is 2.31. The zero-order valence-corrected chi connectivity index (χ0v) is 20.9. The Morgan fingerprint density at radius 2 is 1.97 bits per heavy atom. The van der Waals surface area contributed by atoms with Gasteiger partial charge in [0.15, 0.2) is 11.6 Å². The van der Waals surface area contributed by atoms with E-state index < -0.39 is 27.5 Å². The fourth-order valence-electron chi connectivity index (χ4n) is 4.61. The van der Waals surface area contributed by atoms with Gasteiger partial charge >= 0.3 is 0 Å². The molecule has 3 atom stereocenters. The molecule has 0 saturated heterocycles. The van der Waals surface area contributed by atoms with Gasteiger partial charge in [-0.05, 0) is 49.3 Å². The van der Waals surface area contributed by atoms with Crippen molar-refractivity contribution in [3.05, 3.63) is 83.2 Å². The molecule has 0 saturated carbocycles. The van der Waals surface area contributed by atoms with E-state index in [1.54, 1.807) is 17.8 Å². The van der Waals surface area contributed by atoms with Gasteiger partial charge in [-0.3, -0.25) is 4.79 Å². The van der Waals surface area contributed by atoms with Crippen molar-refractivity contribution < 1.29 is 17.8 Å². The Balaban J connectivity index is 1.58. The van der Waals surface area contributed by atoms with Crippen LogP contribution in [0, 0.1) is 17.6 Å². The van der Waals surface area contributed by atoms with Crippen molar-refractivity contribution in [3.63, 3.8) is 0 Å². The van der Waals surface area contributed by atoms with E-state index in [0.717, 1.165) is 25.0 Å². The molecular weight excluding hydrogens is 470 g/mol. The highest BCUT2D eigenvalue weighted by molar-refractivity contribution is 7.91. The Bertz CT molecular complexity index is 1350. The van der Waals surface area contributed by atoms with Crippen LogP contribution in [0.1, 0.15) is 41.4 Å². The van der Waals surface area contributed by atoms with E-state index in [4.69, 9.17) is 0 Å². The quantitative estimate of drug-likeness (QED) is 0.494. The molecular formula is C26H30F2N4O2S. The zero-order chi connectivity index (χ0) is 25.2. The standard InChI is InChI=1S/C26H30F2N4O2S/c1-17(9-10-18-7-5-4-6-8-18)23-14-12-20-24(35(34,29-2)31-23)16-32(3)25(20)26(33)30-19-11-13-21(27)22(28)15-19/h4-8,11,13,15-17,23H,9-10,12,14H2,1-3H3,(H,30,33)(H,29,31,34)/t17?,23-,35?/m1/s1. The molecule has 6 nitrogen and oxygen atoms in total. The Hall–Kier alpha value is -3.04. The van der Waals surface area contributed by atoms with Crippen LogP contribution < -0.4 is 10.0 Å². The first-order valence-electron chi connectivity index (χ1n) is 11.6. The number of amides is 1. The number of halogens is 2. The van der Waals surface area contributed by atoms with Crippen molar-refractivity contribution in [2.45, 2.75) is 43.5 Å². The SMILES string of the molecule is CN=S1(=O)N[C@@H](C(C)CCc2ccccc2)CCc2c1cn(C)c2C(=O)Nc1ccc(F)c(F)c1. The number of rotatable bonds is 6. The van der Waals surface area contributed by atoms with Crippen LogP contribution in [-0.2, 0) is 29.8 Å². The first-order chi connectivity index (χ1) is 16.7. The molecule has 1 amide bonds. The van der Waals surface area contributed by atoms with Crippen molar-refractivity contribution in [2.75, 3.05) is 12.4 Å². The second kappa shape index (κ2) is 10.3. The third kappa shape index (κ3) is 5.31. The van der Waals surface area contributed by atoms with Crippen LogP contribution in [0.15, 0.2) is 64.0 Å². The molecule has 35 heavy (non-hydrogen) atoms. The van der Waals surface area contributed by atoms with Crippen LogP contribution in [0.25, 0.3) is 0 Å². The molecule has 1 aliphatic heterocycles. The van der Waals surface area contributed by atoms with E-state index in [1.165, 1.54) is 18.7 Å². The number of nitrogens with one attached hydrogen (secondary N) is 2. The van der Waals surface area contributed by atoms with E-state index in [-0.39, 0.29) is 17.6 Å². The summed E-state index contributed by atoms with van der Waals surface area (Å²) in [6.45, 7) is 2.14. The average Bonchev–Trinajstić information content (AvgIpc) is 3.12.